The molecule has 1 atom stereocenters. The third-order valence-electron chi connectivity index (χ3n) is 1.75. The molecule has 0 saturated heterocycles. The number of esters is 1. The predicted molar refractivity (Wildman–Crippen MR) is 54.4 cm³/mol. The summed E-state index contributed by atoms with van der Waals surface area (Å²) in [5, 5.41) is 11.5. The van der Waals surface area contributed by atoms with Crippen LogP contribution in [0.2, 0.25) is 0 Å². The van der Waals surface area contributed by atoms with E-state index >= 15 is 0 Å². The lowest BCUT2D eigenvalue weighted by molar-refractivity contribution is -0.142. The Labute approximate surface area is 92.0 Å². The van der Waals surface area contributed by atoms with Gasteiger partial charge >= 0.3 is 11.9 Å². The Morgan fingerprint density at radius 3 is 2.75 bits per heavy atom. The Balaban J connectivity index is 3.43. The molecule has 8 heteroatoms. The fourth-order valence-electron chi connectivity index (χ4n) is 0.911. The van der Waals surface area contributed by atoms with Crippen LogP contribution in [0.4, 0.5) is 0 Å². The number of carboxylic acids is 1. The van der Waals surface area contributed by atoms with Gasteiger partial charge in [-0.1, -0.05) is 5.11 Å². The van der Waals surface area contributed by atoms with Crippen LogP contribution in [0.5, 0.6) is 0 Å². The minimum atomic E-state index is -1.04. The van der Waals surface area contributed by atoms with E-state index in [-0.39, 0.29) is 13.2 Å². The van der Waals surface area contributed by atoms with Crippen LogP contribution in [0.3, 0.4) is 0 Å². The second kappa shape index (κ2) is 8.51. The number of carboxylic acid groups (broad SMARTS) is 1. The summed E-state index contributed by atoms with van der Waals surface area (Å²) in [4.78, 5) is 23.5. The number of hydrogen-bond acceptors (Lipinski definition) is 5. The number of carbonyl (C=O) groups is 2. The zero-order valence-electron chi connectivity index (χ0n) is 8.70. The van der Waals surface area contributed by atoms with Gasteiger partial charge in [0.15, 0.2) is 0 Å². The first-order valence-corrected chi connectivity index (χ1v) is 4.72. The van der Waals surface area contributed by atoms with Crippen molar-refractivity contribution in [2.75, 3.05) is 13.2 Å². The molecule has 0 bridgehead atoms. The third-order valence-corrected chi connectivity index (χ3v) is 1.75. The van der Waals surface area contributed by atoms with E-state index in [4.69, 9.17) is 21.1 Å². The van der Waals surface area contributed by atoms with Gasteiger partial charge in [-0.25, -0.2) is 0 Å². The Morgan fingerprint density at radius 1 is 1.50 bits per heavy atom. The maximum absolute atomic E-state index is 10.8. The molecule has 16 heavy (non-hydrogen) atoms. The molecule has 0 aliphatic carbocycles. The first kappa shape index (κ1) is 14.2. The highest BCUT2D eigenvalue weighted by Gasteiger charge is 2.10. The van der Waals surface area contributed by atoms with E-state index in [0.717, 1.165) is 0 Å². The van der Waals surface area contributed by atoms with Crippen molar-refractivity contribution >= 4 is 11.9 Å². The van der Waals surface area contributed by atoms with Crippen LogP contribution in [-0.4, -0.2) is 36.2 Å². The third kappa shape index (κ3) is 7.60. The van der Waals surface area contributed by atoms with Crippen molar-refractivity contribution in [3.05, 3.63) is 10.4 Å². The molecule has 0 spiro atoms. The van der Waals surface area contributed by atoms with Crippen LogP contribution in [0.25, 0.3) is 10.4 Å². The normalized spacial score (nSPS) is 11.3. The van der Waals surface area contributed by atoms with Gasteiger partial charge in [0.05, 0.1) is 6.61 Å². The number of ether oxygens (including phenoxy) is 1. The van der Waals surface area contributed by atoms with Crippen molar-refractivity contribution < 1.29 is 19.4 Å². The summed E-state index contributed by atoms with van der Waals surface area (Å²) in [6, 6.07) is -0.876. The number of hydrogen-bond donors (Lipinski definition) is 2. The summed E-state index contributed by atoms with van der Waals surface area (Å²) in [7, 11) is 0. The Bertz CT molecular complexity index is 288. The zero-order valence-corrected chi connectivity index (χ0v) is 8.70. The molecule has 0 amide bonds. The number of rotatable bonds is 8. The molecule has 0 radical (unpaired) electrons. The number of azide groups is 1. The molecule has 0 aliphatic heterocycles. The molecule has 0 aromatic rings. The summed E-state index contributed by atoms with van der Waals surface area (Å²) in [6.07, 6.45) is 1.43. The molecule has 0 aliphatic rings. The van der Waals surface area contributed by atoms with Gasteiger partial charge in [0.25, 0.3) is 0 Å². The summed E-state index contributed by atoms with van der Waals surface area (Å²) < 4.78 is 4.69. The van der Waals surface area contributed by atoms with Crippen molar-refractivity contribution in [3.63, 3.8) is 0 Å². The quantitative estimate of drug-likeness (QED) is 0.204. The minimum Gasteiger partial charge on any atom is -0.480 e. The standard InChI is InChI=1S/C8H14N4O4/c9-6(8(14)15)3-1-2-4-16-7(13)5-11-12-10/h6H,1-5,9H2,(H,14,15). The number of aliphatic carboxylic acids is 1. The van der Waals surface area contributed by atoms with Gasteiger partial charge in [0.2, 0.25) is 0 Å². The molecule has 0 aromatic heterocycles. The first-order valence-electron chi connectivity index (χ1n) is 4.72. The van der Waals surface area contributed by atoms with Gasteiger partial charge in [0.1, 0.15) is 12.6 Å². The molecular formula is C8H14N4O4. The number of unbranched alkanes of at least 4 members (excludes halogenated alkanes) is 1. The molecule has 0 aromatic carbocycles. The zero-order chi connectivity index (χ0) is 12.4. The van der Waals surface area contributed by atoms with E-state index in [9.17, 15) is 9.59 Å². The lowest BCUT2D eigenvalue weighted by Crippen LogP contribution is -2.29. The maximum Gasteiger partial charge on any atom is 0.320 e. The van der Waals surface area contributed by atoms with Gasteiger partial charge in [-0.3, -0.25) is 9.59 Å². The van der Waals surface area contributed by atoms with Gasteiger partial charge in [0, 0.05) is 4.91 Å². The Hall–Kier alpha value is -1.79. The fourth-order valence-corrected chi connectivity index (χ4v) is 0.911. The molecular weight excluding hydrogens is 216 g/mol. The Kier molecular flexibility index (Phi) is 7.56. The Morgan fingerprint density at radius 2 is 2.19 bits per heavy atom. The van der Waals surface area contributed by atoms with Crippen LogP contribution in [0.1, 0.15) is 19.3 Å². The molecule has 8 nitrogen and oxygen atoms in total. The van der Waals surface area contributed by atoms with Crippen molar-refractivity contribution in [2.24, 2.45) is 10.8 Å². The summed E-state index contributed by atoms with van der Waals surface area (Å²) in [5.41, 5.74) is 13.2. The van der Waals surface area contributed by atoms with E-state index in [1.54, 1.807) is 0 Å². The van der Waals surface area contributed by atoms with Crippen LogP contribution >= 0.6 is 0 Å². The van der Waals surface area contributed by atoms with Crippen molar-refractivity contribution in [2.45, 2.75) is 25.3 Å². The van der Waals surface area contributed by atoms with Crippen molar-refractivity contribution in [1.29, 1.82) is 0 Å². The number of nitrogens with two attached hydrogens (primary N) is 1. The van der Waals surface area contributed by atoms with Crippen LogP contribution in [0.15, 0.2) is 5.11 Å². The van der Waals surface area contributed by atoms with Crippen LogP contribution in [-0.2, 0) is 14.3 Å². The molecule has 90 valence electrons. The lowest BCUT2D eigenvalue weighted by Gasteiger charge is -2.06. The highest BCUT2D eigenvalue weighted by molar-refractivity contribution is 5.73. The molecule has 0 fully saturated rings. The molecule has 0 heterocycles. The highest BCUT2D eigenvalue weighted by Crippen LogP contribution is 1.99. The van der Waals surface area contributed by atoms with E-state index in [1.807, 2.05) is 0 Å². The second-order valence-electron chi connectivity index (χ2n) is 3.05. The van der Waals surface area contributed by atoms with E-state index in [0.29, 0.717) is 19.3 Å². The topological polar surface area (TPSA) is 138 Å². The number of nitrogens with zero attached hydrogens (tertiary/aromatic N) is 3. The van der Waals surface area contributed by atoms with Gasteiger partial charge < -0.3 is 15.6 Å². The van der Waals surface area contributed by atoms with Crippen molar-refractivity contribution in [1.82, 2.24) is 0 Å². The second-order valence-corrected chi connectivity index (χ2v) is 3.05. The molecule has 1 unspecified atom stereocenters. The predicted octanol–water partition coefficient (Wildman–Crippen LogP) is 0.422. The summed E-state index contributed by atoms with van der Waals surface area (Å²) in [6.45, 7) is -0.155. The maximum atomic E-state index is 10.8. The first-order chi connectivity index (χ1) is 7.57. The smallest absolute Gasteiger partial charge is 0.320 e. The fraction of sp³-hybridized carbons (Fsp3) is 0.750. The van der Waals surface area contributed by atoms with E-state index in [2.05, 4.69) is 10.0 Å². The summed E-state index contributed by atoms with van der Waals surface area (Å²) >= 11 is 0. The van der Waals surface area contributed by atoms with E-state index < -0.39 is 18.0 Å². The SMILES string of the molecule is [N-]=[N+]=NCC(=O)OCCCCC(N)C(=O)O. The largest absolute Gasteiger partial charge is 0.480 e. The monoisotopic (exact) mass is 230 g/mol. The van der Waals surface area contributed by atoms with Crippen LogP contribution < -0.4 is 5.73 Å². The minimum absolute atomic E-state index is 0.173. The van der Waals surface area contributed by atoms with Gasteiger partial charge in [-0.05, 0) is 24.8 Å². The van der Waals surface area contributed by atoms with Gasteiger partial charge in [-0.2, -0.15) is 0 Å². The molecule has 3 N–H and O–H groups in total. The van der Waals surface area contributed by atoms with E-state index in [1.165, 1.54) is 0 Å². The summed E-state index contributed by atoms with van der Waals surface area (Å²) in [5.74, 6) is -1.64. The molecule has 0 rings (SSSR count). The molecule has 0 saturated carbocycles. The highest BCUT2D eigenvalue weighted by atomic mass is 16.5. The average Bonchev–Trinajstić information content (AvgIpc) is 2.25. The number of carbonyl (C=O) groups excluding carboxylic acids is 1. The van der Waals surface area contributed by atoms with Crippen molar-refractivity contribution in [3.8, 4) is 0 Å². The average molecular weight is 230 g/mol. The van der Waals surface area contributed by atoms with Gasteiger partial charge in [-0.15, -0.1) is 0 Å². The lowest BCUT2D eigenvalue weighted by atomic mass is 10.1. The van der Waals surface area contributed by atoms with Crippen LogP contribution in [0, 0.1) is 0 Å².